The number of halogens is 1. The van der Waals surface area contributed by atoms with Crippen LogP contribution >= 0.6 is 0 Å². The Balaban J connectivity index is 2.06. The molecule has 8 heteroatoms. The number of hydrogen-bond donors (Lipinski definition) is 2. The summed E-state index contributed by atoms with van der Waals surface area (Å²) in [7, 11) is 0. The topological polar surface area (TPSA) is 98.2 Å². The van der Waals surface area contributed by atoms with Crippen molar-refractivity contribution in [1.82, 2.24) is 19.8 Å². The Bertz CT molecular complexity index is 815. The SMILES string of the molecule is NC(=O)CNc1ccc2nnc(-c3ccccc3F)n2n1. The van der Waals surface area contributed by atoms with Crippen molar-refractivity contribution < 1.29 is 9.18 Å². The van der Waals surface area contributed by atoms with Gasteiger partial charge in [-0.3, -0.25) is 4.79 Å². The van der Waals surface area contributed by atoms with Crippen molar-refractivity contribution in [3.63, 3.8) is 0 Å². The first-order valence-electron chi connectivity index (χ1n) is 6.14. The first-order valence-corrected chi connectivity index (χ1v) is 6.14. The van der Waals surface area contributed by atoms with Crippen LogP contribution in [0.25, 0.3) is 17.0 Å². The first-order chi connectivity index (χ1) is 10.1. The van der Waals surface area contributed by atoms with Crippen LogP contribution in [0.15, 0.2) is 36.4 Å². The van der Waals surface area contributed by atoms with Crippen LogP contribution in [0.1, 0.15) is 0 Å². The molecule has 0 atom stereocenters. The van der Waals surface area contributed by atoms with Crippen molar-refractivity contribution in [3.05, 3.63) is 42.2 Å². The lowest BCUT2D eigenvalue weighted by Gasteiger charge is -2.04. The van der Waals surface area contributed by atoms with E-state index in [1.54, 1.807) is 30.3 Å². The summed E-state index contributed by atoms with van der Waals surface area (Å²) < 4.78 is 15.3. The number of nitrogens with two attached hydrogens (primary N) is 1. The van der Waals surface area contributed by atoms with Gasteiger partial charge in [-0.2, -0.15) is 4.52 Å². The maximum Gasteiger partial charge on any atom is 0.236 e. The molecule has 0 spiro atoms. The van der Waals surface area contributed by atoms with Crippen molar-refractivity contribution in [3.8, 4) is 11.4 Å². The van der Waals surface area contributed by atoms with Crippen LogP contribution < -0.4 is 11.1 Å². The second-order valence-electron chi connectivity index (χ2n) is 4.31. The van der Waals surface area contributed by atoms with Gasteiger partial charge in [0.25, 0.3) is 0 Å². The van der Waals surface area contributed by atoms with E-state index >= 15 is 0 Å². The molecule has 3 N–H and O–H groups in total. The zero-order valence-corrected chi connectivity index (χ0v) is 10.8. The third-order valence-corrected chi connectivity index (χ3v) is 2.82. The van der Waals surface area contributed by atoms with Gasteiger partial charge in [-0.25, -0.2) is 4.39 Å². The standard InChI is InChI=1S/C13H11FN6O/c14-9-4-2-1-3-8(9)13-18-17-12-6-5-11(19-20(12)13)16-7-10(15)21/h1-6H,7H2,(H2,15,21)(H,16,19). The highest BCUT2D eigenvalue weighted by Gasteiger charge is 2.13. The molecule has 0 radical (unpaired) electrons. The summed E-state index contributed by atoms with van der Waals surface area (Å²) in [6.45, 7) is -0.0460. The molecule has 0 bridgehead atoms. The molecule has 0 aliphatic heterocycles. The zero-order valence-electron chi connectivity index (χ0n) is 10.8. The molecular formula is C13H11FN6O. The molecule has 2 heterocycles. The van der Waals surface area contributed by atoms with Gasteiger partial charge in [-0.15, -0.1) is 15.3 Å². The molecule has 3 aromatic rings. The summed E-state index contributed by atoms with van der Waals surface area (Å²) in [6.07, 6.45) is 0. The van der Waals surface area contributed by atoms with E-state index in [9.17, 15) is 9.18 Å². The molecule has 0 aliphatic rings. The molecule has 0 aliphatic carbocycles. The average Bonchev–Trinajstić information content (AvgIpc) is 2.88. The fourth-order valence-corrected chi connectivity index (χ4v) is 1.87. The third-order valence-electron chi connectivity index (χ3n) is 2.82. The highest BCUT2D eigenvalue weighted by atomic mass is 19.1. The number of anilines is 1. The fraction of sp³-hybridized carbons (Fsp3) is 0.0769. The minimum Gasteiger partial charge on any atom is -0.368 e. The number of amides is 1. The molecule has 0 fully saturated rings. The molecule has 21 heavy (non-hydrogen) atoms. The molecular weight excluding hydrogens is 275 g/mol. The van der Waals surface area contributed by atoms with Crippen molar-refractivity contribution in [2.45, 2.75) is 0 Å². The zero-order chi connectivity index (χ0) is 14.8. The first kappa shape index (κ1) is 13.0. The largest absolute Gasteiger partial charge is 0.368 e. The van der Waals surface area contributed by atoms with Crippen LogP contribution in [-0.2, 0) is 4.79 Å². The number of fused-ring (bicyclic) bond motifs is 1. The summed E-state index contributed by atoms with van der Waals surface area (Å²) in [5, 5.41) is 14.9. The van der Waals surface area contributed by atoms with E-state index in [0.717, 1.165) is 0 Å². The number of hydrogen-bond acceptors (Lipinski definition) is 5. The number of nitrogens with one attached hydrogen (secondary N) is 1. The Morgan fingerprint density at radius 1 is 1.24 bits per heavy atom. The Labute approximate surface area is 118 Å². The molecule has 3 rings (SSSR count). The number of primary amides is 1. The summed E-state index contributed by atoms with van der Waals surface area (Å²) in [4.78, 5) is 10.8. The second kappa shape index (κ2) is 5.16. The lowest BCUT2D eigenvalue weighted by atomic mass is 10.2. The van der Waals surface area contributed by atoms with Crippen molar-refractivity contribution >= 4 is 17.4 Å². The van der Waals surface area contributed by atoms with E-state index in [4.69, 9.17) is 5.73 Å². The second-order valence-corrected chi connectivity index (χ2v) is 4.31. The van der Waals surface area contributed by atoms with Gasteiger partial charge in [0, 0.05) is 0 Å². The molecule has 106 valence electrons. The third kappa shape index (κ3) is 2.50. The predicted molar refractivity (Wildman–Crippen MR) is 73.9 cm³/mol. The molecule has 1 aromatic carbocycles. The highest BCUT2D eigenvalue weighted by Crippen LogP contribution is 2.21. The van der Waals surface area contributed by atoms with Crippen LogP contribution in [0.2, 0.25) is 0 Å². The number of carbonyl (C=O) groups is 1. The van der Waals surface area contributed by atoms with Gasteiger partial charge in [0.2, 0.25) is 5.91 Å². The minimum absolute atomic E-state index is 0.0460. The van der Waals surface area contributed by atoms with Gasteiger partial charge < -0.3 is 11.1 Å². The Hall–Kier alpha value is -3.03. The number of aromatic nitrogens is 4. The van der Waals surface area contributed by atoms with Crippen molar-refractivity contribution in [2.24, 2.45) is 5.73 Å². The van der Waals surface area contributed by atoms with Gasteiger partial charge in [-0.1, -0.05) is 12.1 Å². The van der Waals surface area contributed by atoms with Crippen LogP contribution in [-0.4, -0.2) is 32.3 Å². The maximum atomic E-state index is 13.8. The maximum absolute atomic E-state index is 13.8. The average molecular weight is 286 g/mol. The summed E-state index contributed by atoms with van der Waals surface area (Å²) >= 11 is 0. The van der Waals surface area contributed by atoms with Crippen LogP contribution in [0, 0.1) is 5.82 Å². The molecule has 2 aromatic heterocycles. The molecule has 0 saturated carbocycles. The lowest BCUT2D eigenvalue weighted by Crippen LogP contribution is -2.22. The van der Waals surface area contributed by atoms with Gasteiger partial charge in [0.15, 0.2) is 11.5 Å². The predicted octanol–water partition coefficient (Wildman–Crippen LogP) is 0.828. The van der Waals surface area contributed by atoms with Crippen LogP contribution in [0.5, 0.6) is 0 Å². The Morgan fingerprint density at radius 3 is 2.81 bits per heavy atom. The highest BCUT2D eigenvalue weighted by molar-refractivity contribution is 5.78. The Kier molecular flexibility index (Phi) is 3.19. The molecule has 7 nitrogen and oxygen atoms in total. The normalized spacial score (nSPS) is 10.7. The van der Waals surface area contributed by atoms with E-state index < -0.39 is 11.7 Å². The minimum atomic E-state index is -0.505. The Morgan fingerprint density at radius 2 is 2.05 bits per heavy atom. The van der Waals surface area contributed by atoms with E-state index in [1.165, 1.54) is 10.6 Å². The van der Waals surface area contributed by atoms with Crippen molar-refractivity contribution in [2.75, 3.05) is 11.9 Å². The van der Waals surface area contributed by atoms with Gasteiger partial charge in [-0.05, 0) is 24.3 Å². The number of rotatable bonds is 4. The van der Waals surface area contributed by atoms with E-state index in [-0.39, 0.29) is 12.4 Å². The summed E-state index contributed by atoms with van der Waals surface area (Å²) in [6, 6.07) is 9.53. The fourth-order valence-electron chi connectivity index (χ4n) is 1.87. The quantitative estimate of drug-likeness (QED) is 0.740. The lowest BCUT2D eigenvalue weighted by molar-refractivity contribution is -0.116. The van der Waals surface area contributed by atoms with Gasteiger partial charge in [0.1, 0.15) is 11.6 Å². The summed E-state index contributed by atoms with van der Waals surface area (Å²) in [5.41, 5.74) is 5.83. The van der Waals surface area contributed by atoms with Crippen LogP contribution in [0.3, 0.4) is 0 Å². The number of nitrogens with zero attached hydrogens (tertiary/aromatic N) is 4. The van der Waals surface area contributed by atoms with Crippen LogP contribution in [0.4, 0.5) is 10.2 Å². The van der Waals surface area contributed by atoms with E-state index in [0.29, 0.717) is 17.0 Å². The number of carbonyl (C=O) groups excluding carboxylic acids is 1. The summed E-state index contributed by atoms with van der Waals surface area (Å²) in [5.74, 6) is -0.219. The molecule has 0 unspecified atom stereocenters. The van der Waals surface area contributed by atoms with E-state index in [1.807, 2.05) is 0 Å². The van der Waals surface area contributed by atoms with E-state index in [2.05, 4.69) is 20.6 Å². The van der Waals surface area contributed by atoms with Gasteiger partial charge >= 0.3 is 0 Å². The monoisotopic (exact) mass is 286 g/mol. The molecule has 0 saturated heterocycles. The smallest absolute Gasteiger partial charge is 0.236 e. The van der Waals surface area contributed by atoms with Crippen molar-refractivity contribution in [1.29, 1.82) is 0 Å². The number of benzene rings is 1. The van der Waals surface area contributed by atoms with Gasteiger partial charge in [0.05, 0.1) is 12.1 Å². The molecule has 1 amide bonds.